The van der Waals surface area contributed by atoms with Crippen LogP contribution in [0.3, 0.4) is 0 Å². The fraction of sp³-hybridized carbons (Fsp3) is 0.0164. The predicted octanol–water partition coefficient (Wildman–Crippen LogP) is 13.7. The molecular formula is C61H38N10. The highest BCUT2D eigenvalue weighted by Crippen LogP contribution is 2.43. The van der Waals surface area contributed by atoms with Crippen molar-refractivity contribution in [3.63, 3.8) is 0 Å². The smallest absolute Gasteiger partial charge is 0.238 e. The molecule has 0 saturated carbocycles. The second-order valence-corrected chi connectivity index (χ2v) is 18.0. The van der Waals surface area contributed by atoms with Gasteiger partial charge in [-0.05, 0) is 60.7 Å². The Labute approximate surface area is 405 Å². The summed E-state index contributed by atoms with van der Waals surface area (Å²) in [5.74, 6) is 1.76. The summed E-state index contributed by atoms with van der Waals surface area (Å²) in [4.78, 5) is 30.4. The average Bonchev–Trinajstić information content (AvgIpc) is 4.16. The summed E-state index contributed by atoms with van der Waals surface area (Å²) < 4.78 is 9.42. The van der Waals surface area contributed by atoms with Gasteiger partial charge in [-0.3, -0.25) is 19.5 Å². The maximum absolute atomic E-state index is 5.57. The van der Waals surface area contributed by atoms with Gasteiger partial charge in [-0.25, -0.2) is 4.98 Å². The minimum Gasteiger partial charge on any atom is -0.309 e. The van der Waals surface area contributed by atoms with Gasteiger partial charge in [0.05, 0.1) is 61.2 Å². The topological polar surface area (TPSA) is 97.1 Å². The molecule has 7 aromatic carbocycles. The molecule has 0 aliphatic rings. The molecule has 0 unspecified atom stereocenters. The molecule has 332 valence electrons. The normalized spacial score (nSPS) is 12.0. The van der Waals surface area contributed by atoms with Gasteiger partial charge in [-0.2, -0.15) is 9.97 Å². The largest absolute Gasteiger partial charge is 0.309 e. The van der Waals surface area contributed by atoms with E-state index in [-0.39, 0.29) is 0 Å². The lowest BCUT2D eigenvalue weighted by molar-refractivity contribution is 0.866. The van der Waals surface area contributed by atoms with E-state index in [0.717, 1.165) is 115 Å². The Morgan fingerprint density at radius 3 is 1.23 bits per heavy atom. The third-order valence-electron chi connectivity index (χ3n) is 14.2. The van der Waals surface area contributed by atoms with Gasteiger partial charge >= 0.3 is 0 Å². The zero-order valence-corrected chi connectivity index (χ0v) is 38.0. The molecule has 10 heteroatoms. The minimum absolute atomic E-state index is 0.321. The molecule has 0 spiro atoms. The maximum Gasteiger partial charge on any atom is 0.238 e. The van der Waals surface area contributed by atoms with E-state index in [0.29, 0.717) is 24.0 Å². The number of pyridine rings is 3. The summed E-state index contributed by atoms with van der Waals surface area (Å²) in [5.41, 5.74) is 13.2. The highest BCUT2D eigenvalue weighted by molar-refractivity contribution is 6.13. The van der Waals surface area contributed by atoms with Gasteiger partial charge in [0.1, 0.15) is 5.82 Å². The summed E-state index contributed by atoms with van der Waals surface area (Å²) in [5, 5.41) is 8.80. The van der Waals surface area contributed by atoms with Crippen molar-refractivity contribution >= 4 is 87.2 Å². The zero-order chi connectivity index (χ0) is 46.6. The van der Waals surface area contributed by atoms with Gasteiger partial charge in [-0.1, -0.05) is 121 Å². The first-order chi connectivity index (χ1) is 35.3. The fourth-order valence-electron chi connectivity index (χ4n) is 11.2. The first-order valence-corrected chi connectivity index (χ1v) is 23.7. The Kier molecular flexibility index (Phi) is 8.48. The van der Waals surface area contributed by atoms with E-state index < -0.39 is 0 Å². The molecule has 0 saturated heterocycles. The Bertz CT molecular complexity index is 4420. The van der Waals surface area contributed by atoms with Crippen molar-refractivity contribution in [2.45, 2.75) is 6.42 Å². The molecule has 71 heavy (non-hydrogen) atoms. The first kappa shape index (κ1) is 39.2. The van der Waals surface area contributed by atoms with Crippen molar-refractivity contribution in [1.82, 2.24) is 48.2 Å². The van der Waals surface area contributed by atoms with E-state index in [2.05, 4.69) is 192 Å². The van der Waals surface area contributed by atoms with E-state index in [1.807, 2.05) is 55.4 Å². The van der Waals surface area contributed by atoms with Gasteiger partial charge in [0.15, 0.2) is 5.82 Å². The minimum atomic E-state index is 0.321. The van der Waals surface area contributed by atoms with E-state index in [1.54, 1.807) is 0 Å². The summed E-state index contributed by atoms with van der Waals surface area (Å²) in [6.45, 7) is 0. The molecule has 15 aromatic rings. The number of rotatable bonds is 7. The van der Waals surface area contributed by atoms with Crippen LogP contribution in [0.15, 0.2) is 219 Å². The Balaban J connectivity index is 1.12. The van der Waals surface area contributed by atoms with Crippen LogP contribution in [0.25, 0.3) is 122 Å². The monoisotopic (exact) mass is 910 g/mol. The molecule has 0 N–H and O–H groups in total. The van der Waals surface area contributed by atoms with Crippen molar-refractivity contribution < 1.29 is 0 Å². The second-order valence-electron chi connectivity index (χ2n) is 18.0. The van der Waals surface area contributed by atoms with Crippen molar-refractivity contribution in [2.24, 2.45) is 0 Å². The Morgan fingerprint density at radius 2 is 0.704 bits per heavy atom. The lowest BCUT2D eigenvalue weighted by atomic mass is 10.0. The van der Waals surface area contributed by atoms with Crippen molar-refractivity contribution in [3.05, 3.63) is 231 Å². The van der Waals surface area contributed by atoms with Crippen molar-refractivity contribution in [1.29, 1.82) is 0 Å². The van der Waals surface area contributed by atoms with Gasteiger partial charge < -0.3 is 13.7 Å². The number of hydrogen-bond donors (Lipinski definition) is 0. The number of para-hydroxylation sites is 5. The highest BCUT2D eigenvalue weighted by atomic mass is 15.2. The van der Waals surface area contributed by atoms with Gasteiger partial charge in [-0.15, -0.1) is 0 Å². The van der Waals surface area contributed by atoms with Crippen LogP contribution in [-0.2, 0) is 6.42 Å². The van der Waals surface area contributed by atoms with Crippen LogP contribution in [0.5, 0.6) is 0 Å². The average molecular weight is 911 g/mol. The predicted molar refractivity (Wildman–Crippen MR) is 285 cm³/mol. The van der Waals surface area contributed by atoms with E-state index in [1.165, 1.54) is 0 Å². The Morgan fingerprint density at radius 1 is 0.310 bits per heavy atom. The summed E-state index contributed by atoms with van der Waals surface area (Å²) in [6.07, 6.45) is 11.9. The number of benzene rings is 7. The molecule has 10 nitrogen and oxygen atoms in total. The molecule has 0 aliphatic heterocycles. The van der Waals surface area contributed by atoms with Crippen LogP contribution in [0.2, 0.25) is 0 Å². The SMILES string of the molecule is c1ccc(-c2nc(Cc3c(-n4c5ccccc5c5cnccc54)ccc(-n4c5ccccc5c5cnccc54)c3-n3c4ccccc4c4cnccc43)nc(-n3c4ccccc4c4ccccc43)n2)cc1. The summed E-state index contributed by atoms with van der Waals surface area (Å²) >= 11 is 0. The molecule has 8 heterocycles. The number of hydrogen-bond acceptors (Lipinski definition) is 6. The lowest BCUT2D eigenvalue weighted by Gasteiger charge is -2.24. The van der Waals surface area contributed by atoms with Crippen LogP contribution in [-0.4, -0.2) is 48.2 Å². The molecule has 0 bridgehead atoms. The van der Waals surface area contributed by atoms with E-state index in [9.17, 15) is 0 Å². The number of nitrogens with zero attached hydrogens (tertiary/aromatic N) is 10. The van der Waals surface area contributed by atoms with Gasteiger partial charge in [0.2, 0.25) is 5.95 Å². The molecular weight excluding hydrogens is 873 g/mol. The molecule has 0 aliphatic carbocycles. The third-order valence-corrected chi connectivity index (χ3v) is 14.2. The maximum atomic E-state index is 5.57. The zero-order valence-electron chi connectivity index (χ0n) is 38.0. The number of aromatic nitrogens is 10. The molecule has 0 atom stereocenters. The van der Waals surface area contributed by atoms with Crippen molar-refractivity contribution in [2.75, 3.05) is 0 Å². The standard InChI is InChI=1S/C61H38N10/c1-2-14-38(15-3-1)60-65-58(66-61(67-60)71-51-24-12-4-16-39(51)40-17-5-13-25-52(40)71)34-44-53(68-48-21-9-6-18-41(48)45-35-62-31-28-54(45)68)26-27-57(69-49-22-10-7-19-42(49)46-36-63-32-29-55(46)69)59(44)70-50-23-11-8-20-43(50)47-37-64-33-30-56(47)70/h1-33,35-37H,34H2. The van der Waals surface area contributed by atoms with Gasteiger partial charge in [0.25, 0.3) is 0 Å². The van der Waals surface area contributed by atoms with Crippen LogP contribution in [0, 0.1) is 0 Å². The highest BCUT2D eigenvalue weighted by Gasteiger charge is 2.28. The summed E-state index contributed by atoms with van der Waals surface area (Å²) in [6, 6.07) is 64.0. The van der Waals surface area contributed by atoms with Crippen LogP contribution in [0.1, 0.15) is 11.4 Å². The molecule has 0 fully saturated rings. The van der Waals surface area contributed by atoms with Crippen LogP contribution >= 0.6 is 0 Å². The second kappa shape index (κ2) is 15.4. The van der Waals surface area contributed by atoms with Crippen LogP contribution in [0.4, 0.5) is 0 Å². The fourth-order valence-corrected chi connectivity index (χ4v) is 11.2. The Hall–Kier alpha value is -9.80. The molecule has 15 rings (SSSR count). The molecule has 8 aromatic heterocycles. The van der Waals surface area contributed by atoms with Gasteiger partial charge in [0, 0.05) is 97.8 Å². The third kappa shape index (κ3) is 5.82. The van der Waals surface area contributed by atoms with Crippen molar-refractivity contribution in [3.8, 4) is 34.4 Å². The summed E-state index contributed by atoms with van der Waals surface area (Å²) in [7, 11) is 0. The van der Waals surface area contributed by atoms with E-state index >= 15 is 0 Å². The molecule has 0 amide bonds. The van der Waals surface area contributed by atoms with E-state index in [4.69, 9.17) is 19.9 Å². The first-order valence-electron chi connectivity index (χ1n) is 23.7. The molecule has 0 radical (unpaired) electrons. The quantitative estimate of drug-likeness (QED) is 0.158. The van der Waals surface area contributed by atoms with Crippen LogP contribution < -0.4 is 0 Å². The lowest BCUT2D eigenvalue weighted by Crippen LogP contribution is -2.14. The number of fused-ring (bicyclic) bond motifs is 12.